The molecule has 2 N–H and O–H groups in total. The van der Waals surface area contributed by atoms with E-state index in [9.17, 15) is 4.39 Å². The van der Waals surface area contributed by atoms with E-state index in [1.165, 1.54) is 12.1 Å². The molecule has 7 heteroatoms. The predicted octanol–water partition coefficient (Wildman–Crippen LogP) is 3.88. The van der Waals surface area contributed by atoms with E-state index < -0.39 is 0 Å². The molecule has 0 atom stereocenters. The molecule has 0 aliphatic rings. The highest BCUT2D eigenvalue weighted by molar-refractivity contribution is 5.79. The second kappa shape index (κ2) is 12.7. The Morgan fingerprint density at radius 2 is 2.04 bits per heavy atom. The zero-order valence-electron chi connectivity index (χ0n) is 16.6. The van der Waals surface area contributed by atoms with Gasteiger partial charge in [-0.3, -0.25) is 0 Å². The van der Waals surface area contributed by atoms with E-state index in [1.807, 2.05) is 26.0 Å². The Kier molecular flexibility index (Phi) is 9.79. The van der Waals surface area contributed by atoms with Gasteiger partial charge in [-0.1, -0.05) is 12.1 Å². The number of rotatable bonds is 11. The lowest BCUT2D eigenvalue weighted by molar-refractivity contribution is 0.143. The first-order valence-electron chi connectivity index (χ1n) is 9.70. The summed E-state index contributed by atoms with van der Waals surface area (Å²) >= 11 is 0. The third-order valence-electron chi connectivity index (χ3n) is 3.82. The Hall–Kier alpha value is -2.67. The Morgan fingerprint density at radius 3 is 2.82 bits per heavy atom. The summed E-state index contributed by atoms with van der Waals surface area (Å²) in [7, 11) is 0. The molecule has 0 unspecified atom stereocenters. The smallest absolute Gasteiger partial charge is 0.224 e. The number of ether oxygens (including phenoxy) is 2. The summed E-state index contributed by atoms with van der Waals surface area (Å²) in [5.41, 5.74) is 0.820. The Bertz CT molecular complexity index is 740. The average Bonchev–Trinajstić information content (AvgIpc) is 2.69. The lowest BCUT2D eigenvalue weighted by Gasteiger charge is -2.12. The maximum atomic E-state index is 13.4. The van der Waals surface area contributed by atoms with Crippen molar-refractivity contribution in [2.75, 3.05) is 26.3 Å². The highest BCUT2D eigenvalue weighted by Gasteiger charge is 2.07. The van der Waals surface area contributed by atoms with Crippen molar-refractivity contribution in [3.63, 3.8) is 0 Å². The van der Waals surface area contributed by atoms with E-state index in [0.29, 0.717) is 18.2 Å². The summed E-state index contributed by atoms with van der Waals surface area (Å²) in [6.07, 6.45) is 3.66. The van der Waals surface area contributed by atoms with Crippen LogP contribution < -0.4 is 15.4 Å². The number of pyridine rings is 1. The van der Waals surface area contributed by atoms with Crippen LogP contribution in [0.15, 0.2) is 47.6 Å². The van der Waals surface area contributed by atoms with Crippen molar-refractivity contribution >= 4 is 5.96 Å². The quantitative estimate of drug-likeness (QED) is 0.347. The van der Waals surface area contributed by atoms with Gasteiger partial charge in [-0.25, -0.2) is 14.4 Å². The minimum absolute atomic E-state index is 0.351. The zero-order chi connectivity index (χ0) is 20.0. The van der Waals surface area contributed by atoms with Gasteiger partial charge < -0.3 is 20.1 Å². The van der Waals surface area contributed by atoms with Crippen LogP contribution in [0, 0.1) is 5.82 Å². The standard InChI is InChI=1S/C21H29FN4O2/c1-3-23-21(25-12-5-6-14-27-4-2)26-16-17-9-8-13-24-20(17)28-19-11-7-10-18(22)15-19/h7-11,13,15H,3-6,12,14,16H2,1-2H3,(H2,23,25,26). The molecule has 0 amide bonds. The molecule has 1 aromatic heterocycles. The first-order valence-corrected chi connectivity index (χ1v) is 9.70. The molecule has 0 saturated heterocycles. The first-order chi connectivity index (χ1) is 13.7. The van der Waals surface area contributed by atoms with Crippen molar-refractivity contribution in [3.8, 4) is 11.6 Å². The topological polar surface area (TPSA) is 67.8 Å². The number of aromatic nitrogens is 1. The zero-order valence-corrected chi connectivity index (χ0v) is 16.6. The van der Waals surface area contributed by atoms with Gasteiger partial charge in [0.25, 0.3) is 0 Å². The average molecular weight is 388 g/mol. The van der Waals surface area contributed by atoms with Gasteiger partial charge in [0.2, 0.25) is 5.88 Å². The largest absolute Gasteiger partial charge is 0.439 e. The number of guanidine groups is 1. The van der Waals surface area contributed by atoms with Crippen molar-refractivity contribution in [3.05, 3.63) is 54.0 Å². The number of benzene rings is 1. The van der Waals surface area contributed by atoms with Gasteiger partial charge in [-0.05, 0) is 44.9 Å². The van der Waals surface area contributed by atoms with E-state index in [4.69, 9.17) is 9.47 Å². The second-order valence-electron chi connectivity index (χ2n) is 6.05. The molecular weight excluding hydrogens is 359 g/mol. The number of nitrogens with one attached hydrogen (secondary N) is 2. The Balaban J connectivity index is 1.95. The molecule has 0 bridgehead atoms. The molecule has 0 spiro atoms. The van der Waals surface area contributed by atoms with Gasteiger partial charge >= 0.3 is 0 Å². The van der Waals surface area contributed by atoms with Crippen LogP contribution in [0.1, 0.15) is 32.3 Å². The van der Waals surface area contributed by atoms with Crippen molar-refractivity contribution in [1.29, 1.82) is 0 Å². The van der Waals surface area contributed by atoms with Gasteiger partial charge in [0, 0.05) is 44.1 Å². The monoisotopic (exact) mass is 388 g/mol. The van der Waals surface area contributed by atoms with Gasteiger partial charge in [-0.2, -0.15) is 0 Å². The van der Waals surface area contributed by atoms with Crippen molar-refractivity contribution in [1.82, 2.24) is 15.6 Å². The Labute approximate surface area is 166 Å². The molecule has 1 heterocycles. The third-order valence-corrected chi connectivity index (χ3v) is 3.82. The number of hydrogen-bond donors (Lipinski definition) is 2. The molecule has 2 rings (SSSR count). The van der Waals surface area contributed by atoms with Crippen LogP contribution >= 0.6 is 0 Å². The van der Waals surface area contributed by atoms with E-state index in [0.717, 1.165) is 50.7 Å². The number of hydrogen-bond acceptors (Lipinski definition) is 4. The Morgan fingerprint density at radius 1 is 1.14 bits per heavy atom. The van der Waals surface area contributed by atoms with Crippen LogP contribution in [0.4, 0.5) is 4.39 Å². The van der Waals surface area contributed by atoms with Crippen LogP contribution in [0.2, 0.25) is 0 Å². The molecule has 1 aromatic carbocycles. The number of nitrogens with zero attached hydrogens (tertiary/aromatic N) is 2. The molecule has 6 nitrogen and oxygen atoms in total. The molecule has 2 aromatic rings. The van der Waals surface area contributed by atoms with E-state index in [-0.39, 0.29) is 5.82 Å². The lowest BCUT2D eigenvalue weighted by Crippen LogP contribution is -2.37. The van der Waals surface area contributed by atoms with Crippen LogP contribution in [0.25, 0.3) is 0 Å². The van der Waals surface area contributed by atoms with Gasteiger partial charge in [0.15, 0.2) is 5.96 Å². The molecule has 0 radical (unpaired) electrons. The minimum Gasteiger partial charge on any atom is -0.439 e. The molecule has 28 heavy (non-hydrogen) atoms. The molecule has 0 saturated carbocycles. The van der Waals surface area contributed by atoms with Gasteiger partial charge in [-0.15, -0.1) is 0 Å². The first kappa shape index (κ1) is 21.6. The molecule has 0 aliphatic heterocycles. The molecule has 152 valence electrons. The molecule has 0 aliphatic carbocycles. The van der Waals surface area contributed by atoms with E-state index in [1.54, 1.807) is 18.3 Å². The van der Waals surface area contributed by atoms with E-state index >= 15 is 0 Å². The highest BCUT2D eigenvalue weighted by atomic mass is 19.1. The lowest BCUT2D eigenvalue weighted by atomic mass is 10.2. The predicted molar refractivity (Wildman–Crippen MR) is 109 cm³/mol. The third kappa shape index (κ3) is 7.92. The number of unbranched alkanes of at least 4 members (excludes halogenated alkanes) is 1. The molecule has 0 fully saturated rings. The van der Waals surface area contributed by atoms with Crippen LogP contribution in [0.3, 0.4) is 0 Å². The fourth-order valence-electron chi connectivity index (χ4n) is 2.46. The minimum atomic E-state index is -0.351. The second-order valence-corrected chi connectivity index (χ2v) is 6.05. The van der Waals surface area contributed by atoms with Crippen LogP contribution in [-0.2, 0) is 11.3 Å². The summed E-state index contributed by atoms with van der Waals surface area (Å²) in [5.74, 6) is 1.21. The highest BCUT2D eigenvalue weighted by Crippen LogP contribution is 2.23. The van der Waals surface area contributed by atoms with Crippen LogP contribution in [-0.4, -0.2) is 37.2 Å². The summed E-state index contributed by atoms with van der Waals surface area (Å²) in [6, 6.07) is 9.73. The van der Waals surface area contributed by atoms with Crippen LogP contribution in [0.5, 0.6) is 11.6 Å². The number of aliphatic imine (C=N–C) groups is 1. The van der Waals surface area contributed by atoms with Crippen molar-refractivity contribution < 1.29 is 13.9 Å². The summed E-state index contributed by atoms with van der Waals surface area (Å²) in [6.45, 7) is 7.54. The normalized spacial score (nSPS) is 11.3. The fraction of sp³-hybridized carbons (Fsp3) is 0.429. The maximum Gasteiger partial charge on any atom is 0.224 e. The van der Waals surface area contributed by atoms with Crippen molar-refractivity contribution in [2.45, 2.75) is 33.2 Å². The maximum absolute atomic E-state index is 13.4. The van der Waals surface area contributed by atoms with Crippen molar-refractivity contribution in [2.24, 2.45) is 4.99 Å². The SMILES string of the molecule is CCNC(=NCc1cccnc1Oc1cccc(F)c1)NCCCCOCC. The van der Waals surface area contributed by atoms with Gasteiger partial charge in [0.1, 0.15) is 11.6 Å². The molecular formula is C21H29FN4O2. The fourth-order valence-corrected chi connectivity index (χ4v) is 2.46. The van der Waals surface area contributed by atoms with E-state index in [2.05, 4.69) is 20.6 Å². The number of halogens is 1. The summed E-state index contributed by atoms with van der Waals surface area (Å²) in [4.78, 5) is 8.87. The summed E-state index contributed by atoms with van der Waals surface area (Å²) in [5, 5.41) is 6.55. The van der Waals surface area contributed by atoms with Gasteiger partial charge in [0.05, 0.1) is 6.54 Å². The summed E-state index contributed by atoms with van der Waals surface area (Å²) < 4.78 is 24.5.